The van der Waals surface area contributed by atoms with E-state index in [-0.39, 0.29) is 17.9 Å². The maximum atomic E-state index is 14.0. The molecular formula is C13H14FN5O. The van der Waals surface area contributed by atoms with E-state index in [2.05, 4.69) is 25.6 Å². The molecule has 2 heterocycles. The van der Waals surface area contributed by atoms with E-state index in [9.17, 15) is 9.18 Å². The zero-order chi connectivity index (χ0) is 14.4. The highest BCUT2D eigenvalue weighted by molar-refractivity contribution is 5.95. The van der Waals surface area contributed by atoms with Crippen molar-refractivity contribution < 1.29 is 9.18 Å². The highest BCUT2D eigenvalue weighted by Crippen LogP contribution is 2.14. The largest absolute Gasteiger partial charge is 0.368 e. The van der Waals surface area contributed by atoms with Gasteiger partial charge in [0.15, 0.2) is 11.6 Å². The van der Waals surface area contributed by atoms with Crippen LogP contribution in [0.5, 0.6) is 0 Å². The van der Waals surface area contributed by atoms with E-state index in [4.69, 9.17) is 0 Å². The fourth-order valence-electron chi connectivity index (χ4n) is 1.60. The first-order valence-electron chi connectivity index (χ1n) is 6.13. The van der Waals surface area contributed by atoms with Gasteiger partial charge in [0.05, 0.1) is 17.8 Å². The van der Waals surface area contributed by atoms with Gasteiger partial charge in [0, 0.05) is 18.9 Å². The van der Waals surface area contributed by atoms with E-state index in [0.29, 0.717) is 12.2 Å². The van der Waals surface area contributed by atoms with Gasteiger partial charge in [0.25, 0.3) is 5.91 Å². The Balaban J connectivity index is 2.08. The normalized spacial score (nSPS) is 10.1. The molecule has 0 spiro atoms. The molecule has 0 fully saturated rings. The molecule has 2 N–H and O–H groups in total. The van der Waals surface area contributed by atoms with Crippen molar-refractivity contribution in [1.29, 1.82) is 0 Å². The van der Waals surface area contributed by atoms with Gasteiger partial charge in [-0.05, 0) is 19.1 Å². The lowest BCUT2D eigenvalue weighted by atomic mass is 10.2. The summed E-state index contributed by atoms with van der Waals surface area (Å²) in [5.41, 5.74) is 0.597. The molecule has 0 radical (unpaired) electrons. The first-order valence-corrected chi connectivity index (χ1v) is 6.13. The first kappa shape index (κ1) is 13.9. The molecule has 0 unspecified atom stereocenters. The minimum Gasteiger partial charge on any atom is -0.368 e. The molecule has 104 valence electrons. The van der Waals surface area contributed by atoms with Crippen LogP contribution in [0.2, 0.25) is 0 Å². The summed E-state index contributed by atoms with van der Waals surface area (Å²) in [6.07, 6.45) is 4.35. The van der Waals surface area contributed by atoms with Gasteiger partial charge in [-0.1, -0.05) is 0 Å². The molecule has 6 nitrogen and oxygen atoms in total. The van der Waals surface area contributed by atoms with Crippen molar-refractivity contribution in [3.63, 3.8) is 0 Å². The summed E-state index contributed by atoms with van der Waals surface area (Å²) in [6.45, 7) is 2.55. The van der Waals surface area contributed by atoms with Crippen LogP contribution in [0.3, 0.4) is 0 Å². The number of amides is 1. The van der Waals surface area contributed by atoms with Crippen LogP contribution in [0, 0.1) is 5.82 Å². The second-order valence-corrected chi connectivity index (χ2v) is 3.93. The van der Waals surface area contributed by atoms with Crippen molar-refractivity contribution in [3.05, 3.63) is 47.9 Å². The van der Waals surface area contributed by atoms with Gasteiger partial charge >= 0.3 is 0 Å². The molecule has 0 atom stereocenters. The van der Waals surface area contributed by atoms with Gasteiger partial charge in [-0.25, -0.2) is 19.3 Å². The van der Waals surface area contributed by atoms with Crippen molar-refractivity contribution in [2.45, 2.75) is 13.5 Å². The molecule has 0 bridgehead atoms. The number of carbonyl (C=O) groups excluding carboxylic acids is 1. The molecule has 2 rings (SSSR count). The Morgan fingerprint density at radius 2 is 2.15 bits per heavy atom. The summed E-state index contributed by atoms with van der Waals surface area (Å²) in [7, 11) is 0. The summed E-state index contributed by atoms with van der Waals surface area (Å²) in [6, 6.07) is 3.01. The summed E-state index contributed by atoms with van der Waals surface area (Å²) in [5.74, 6) is -1.10. The maximum Gasteiger partial charge on any atom is 0.254 e. The molecular weight excluding hydrogens is 261 g/mol. The molecule has 20 heavy (non-hydrogen) atoms. The van der Waals surface area contributed by atoms with Crippen LogP contribution >= 0.6 is 0 Å². The van der Waals surface area contributed by atoms with Crippen LogP contribution in [-0.2, 0) is 6.54 Å². The summed E-state index contributed by atoms with van der Waals surface area (Å²) < 4.78 is 14.0. The quantitative estimate of drug-likeness (QED) is 0.861. The minimum atomic E-state index is -0.658. The van der Waals surface area contributed by atoms with E-state index >= 15 is 0 Å². The third-order valence-electron chi connectivity index (χ3n) is 2.55. The highest BCUT2D eigenvalue weighted by Gasteiger charge is 2.15. The smallest absolute Gasteiger partial charge is 0.254 e. The number of pyridine rings is 1. The molecule has 1 amide bonds. The molecule has 0 saturated carbocycles. The monoisotopic (exact) mass is 275 g/mol. The van der Waals surface area contributed by atoms with Gasteiger partial charge in [0.2, 0.25) is 0 Å². The second kappa shape index (κ2) is 6.55. The number of halogens is 1. The standard InChI is InChI=1S/C13H14FN5O/c1-2-16-12-11(14)10(4-6-17-12)13(20)18-7-9-3-5-15-8-19-9/h3-6,8H,2,7H2,1H3,(H,16,17)(H,18,20). The average molecular weight is 275 g/mol. The van der Waals surface area contributed by atoms with Crippen molar-refractivity contribution in [1.82, 2.24) is 20.3 Å². The number of anilines is 1. The molecule has 0 aliphatic carbocycles. The third-order valence-corrected chi connectivity index (χ3v) is 2.55. The van der Waals surface area contributed by atoms with E-state index in [1.54, 1.807) is 12.3 Å². The SMILES string of the molecule is CCNc1nccc(C(=O)NCc2ccncn2)c1F. The van der Waals surface area contributed by atoms with Crippen molar-refractivity contribution in [2.24, 2.45) is 0 Å². The Kier molecular flexibility index (Phi) is 4.54. The molecule has 2 aromatic rings. The first-order chi connectivity index (χ1) is 9.72. The number of nitrogens with zero attached hydrogens (tertiary/aromatic N) is 3. The Labute approximate surface area is 115 Å². The number of aromatic nitrogens is 3. The molecule has 0 aromatic carbocycles. The maximum absolute atomic E-state index is 14.0. The van der Waals surface area contributed by atoms with Crippen molar-refractivity contribution in [2.75, 3.05) is 11.9 Å². The lowest BCUT2D eigenvalue weighted by Gasteiger charge is -2.08. The topological polar surface area (TPSA) is 79.8 Å². The van der Waals surface area contributed by atoms with Crippen LogP contribution < -0.4 is 10.6 Å². The lowest BCUT2D eigenvalue weighted by Crippen LogP contribution is -2.25. The van der Waals surface area contributed by atoms with Gasteiger partial charge in [-0.2, -0.15) is 0 Å². The van der Waals surface area contributed by atoms with Crippen LogP contribution in [0.15, 0.2) is 30.9 Å². The Hall–Kier alpha value is -2.57. The number of carbonyl (C=O) groups is 1. The van der Waals surface area contributed by atoms with Gasteiger partial charge in [-0.3, -0.25) is 4.79 Å². The summed E-state index contributed by atoms with van der Waals surface area (Å²) >= 11 is 0. The fraction of sp³-hybridized carbons (Fsp3) is 0.231. The molecule has 2 aromatic heterocycles. The van der Waals surface area contributed by atoms with Crippen LogP contribution in [0.1, 0.15) is 23.0 Å². The third kappa shape index (κ3) is 3.25. The van der Waals surface area contributed by atoms with Gasteiger partial charge < -0.3 is 10.6 Å². The molecule has 0 aliphatic rings. The number of hydrogen-bond acceptors (Lipinski definition) is 5. The zero-order valence-electron chi connectivity index (χ0n) is 10.9. The summed E-state index contributed by atoms with van der Waals surface area (Å²) in [4.78, 5) is 23.5. The Bertz CT molecular complexity index is 591. The highest BCUT2D eigenvalue weighted by atomic mass is 19.1. The van der Waals surface area contributed by atoms with E-state index in [1.807, 2.05) is 6.92 Å². The van der Waals surface area contributed by atoms with Gasteiger partial charge in [0.1, 0.15) is 6.33 Å². The van der Waals surface area contributed by atoms with Crippen LogP contribution in [0.4, 0.5) is 10.2 Å². The fourth-order valence-corrected chi connectivity index (χ4v) is 1.60. The Morgan fingerprint density at radius 3 is 2.85 bits per heavy atom. The number of rotatable bonds is 5. The van der Waals surface area contributed by atoms with Gasteiger partial charge in [-0.15, -0.1) is 0 Å². The zero-order valence-corrected chi connectivity index (χ0v) is 10.9. The number of hydrogen-bond donors (Lipinski definition) is 2. The summed E-state index contributed by atoms with van der Waals surface area (Å²) in [5, 5.41) is 5.36. The van der Waals surface area contributed by atoms with Crippen molar-refractivity contribution in [3.8, 4) is 0 Å². The van der Waals surface area contributed by atoms with E-state index in [1.165, 1.54) is 18.6 Å². The van der Waals surface area contributed by atoms with E-state index in [0.717, 1.165) is 0 Å². The van der Waals surface area contributed by atoms with Crippen LogP contribution in [0.25, 0.3) is 0 Å². The Morgan fingerprint density at radius 1 is 1.30 bits per heavy atom. The molecule has 0 saturated heterocycles. The van der Waals surface area contributed by atoms with Crippen LogP contribution in [-0.4, -0.2) is 27.4 Å². The molecule has 0 aliphatic heterocycles. The average Bonchev–Trinajstić information content (AvgIpc) is 2.48. The van der Waals surface area contributed by atoms with Crippen molar-refractivity contribution >= 4 is 11.7 Å². The second-order valence-electron chi connectivity index (χ2n) is 3.93. The molecule has 7 heteroatoms. The predicted molar refractivity (Wildman–Crippen MR) is 71.6 cm³/mol. The minimum absolute atomic E-state index is 0.0509. The predicted octanol–water partition coefficient (Wildman–Crippen LogP) is 1.37. The lowest BCUT2D eigenvalue weighted by molar-refractivity contribution is 0.0946. The number of nitrogens with one attached hydrogen (secondary N) is 2. The van der Waals surface area contributed by atoms with E-state index < -0.39 is 11.7 Å².